The standard InChI is InChI=1S/C14H16N2S2/c1-17-14(6-7-14)10-16-12-4-2-11(3-5-12)13-15-8-9-18-13/h2-5,8-9,16H,6-7,10H2,1H3. The first-order valence-electron chi connectivity index (χ1n) is 6.10. The van der Waals surface area contributed by atoms with Crippen LogP contribution in [0.1, 0.15) is 12.8 Å². The number of hydrogen-bond acceptors (Lipinski definition) is 4. The van der Waals surface area contributed by atoms with E-state index >= 15 is 0 Å². The van der Waals surface area contributed by atoms with Crippen LogP contribution in [0.2, 0.25) is 0 Å². The Morgan fingerprint density at radius 2 is 2.11 bits per heavy atom. The predicted molar refractivity (Wildman–Crippen MR) is 81.5 cm³/mol. The molecule has 94 valence electrons. The fourth-order valence-electron chi connectivity index (χ4n) is 1.95. The summed E-state index contributed by atoms with van der Waals surface area (Å²) in [5.74, 6) is 0. The fourth-order valence-corrected chi connectivity index (χ4v) is 3.32. The summed E-state index contributed by atoms with van der Waals surface area (Å²) in [5.41, 5.74) is 2.40. The van der Waals surface area contributed by atoms with E-state index in [1.807, 2.05) is 23.3 Å². The topological polar surface area (TPSA) is 24.9 Å². The van der Waals surface area contributed by atoms with E-state index in [4.69, 9.17) is 0 Å². The molecule has 1 aliphatic rings. The summed E-state index contributed by atoms with van der Waals surface area (Å²) >= 11 is 3.67. The van der Waals surface area contributed by atoms with Crippen LogP contribution in [-0.4, -0.2) is 22.5 Å². The van der Waals surface area contributed by atoms with E-state index in [1.165, 1.54) is 24.1 Å². The van der Waals surface area contributed by atoms with Crippen LogP contribution in [0, 0.1) is 0 Å². The van der Waals surface area contributed by atoms with Gasteiger partial charge in [-0.05, 0) is 43.4 Å². The first-order chi connectivity index (χ1) is 8.81. The summed E-state index contributed by atoms with van der Waals surface area (Å²) in [6.45, 7) is 1.07. The molecular formula is C14H16N2S2. The van der Waals surface area contributed by atoms with Gasteiger partial charge < -0.3 is 5.32 Å². The molecule has 0 saturated heterocycles. The highest BCUT2D eigenvalue weighted by Gasteiger charge is 2.41. The number of nitrogens with one attached hydrogen (secondary N) is 1. The van der Waals surface area contributed by atoms with Crippen molar-refractivity contribution in [1.82, 2.24) is 4.98 Å². The average Bonchev–Trinajstić information content (AvgIpc) is 3.00. The third-order valence-corrected chi connectivity index (χ3v) is 5.66. The predicted octanol–water partition coefficient (Wildman–Crippen LogP) is 4.12. The van der Waals surface area contributed by atoms with E-state index in [1.54, 1.807) is 11.3 Å². The molecule has 3 rings (SSSR count). The van der Waals surface area contributed by atoms with Crippen molar-refractivity contribution in [3.8, 4) is 10.6 Å². The summed E-state index contributed by atoms with van der Waals surface area (Å²) in [6.07, 6.45) is 6.75. The second kappa shape index (κ2) is 4.94. The molecule has 1 aliphatic carbocycles. The molecule has 1 fully saturated rings. The second-order valence-corrected chi connectivity index (χ2v) is 6.82. The molecule has 0 amide bonds. The number of nitrogens with zero attached hydrogens (tertiary/aromatic N) is 1. The van der Waals surface area contributed by atoms with Gasteiger partial charge >= 0.3 is 0 Å². The highest BCUT2D eigenvalue weighted by atomic mass is 32.2. The maximum absolute atomic E-state index is 4.32. The lowest BCUT2D eigenvalue weighted by Gasteiger charge is -2.14. The molecule has 2 aromatic rings. The minimum atomic E-state index is 0.508. The Morgan fingerprint density at radius 1 is 1.33 bits per heavy atom. The van der Waals surface area contributed by atoms with Gasteiger partial charge in [-0.25, -0.2) is 4.98 Å². The number of benzene rings is 1. The Bertz CT molecular complexity index is 501. The van der Waals surface area contributed by atoms with Gasteiger partial charge in [0.1, 0.15) is 5.01 Å². The zero-order valence-electron chi connectivity index (χ0n) is 10.3. The maximum Gasteiger partial charge on any atom is 0.123 e. The van der Waals surface area contributed by atoms with Gasteiger partial charge in [-0.15, -0.1) is 11.3 Å². The number of rotatable bonds is 5. The summed E-state index contributed by atoms with van der Waals surface area (Å²) in [6, 6.07) is 8.57. The third-order valence-electron chi connectivity index (χ3n) is 3.42. The molecule has 1 saturated carbocycles. The van der Waals surface area contributed by atoms with Crippen molar-refractivity contribution in [2.75, 3.05) is 18.1 Å². The van der Waals surface area contributed by atoms with Crippen LogP contribution in [0.25, 0.3) is 10.6 Å². The highest BCUT2D eigenvalue weighted by Crippen LogP contribution is 2.47. The quantitative estimate of drug-likeness (QED) is 0.889. The van der Waals surface area contributed by atoms with E-state index in [2.05, 4.69) is 40.8 Å². The van der Waals surface area contributed by atoms with Crippen molar-refractivity contribution in [3.05, 3.63) is 35.8 Å². The average molecular weight is 276 g/mol. The zero-order valence-corrected chi connectivity index (χ0v) is 12.0. The Balaban J connectivity index is 1.64. The van der Waals surface area contributed by atoms with Crippen LogP contribution >= 0.6 is 23.1 Å². The normalized spacial score (nSPS) is 16.5. The molecule has 0 radical (unpaired) electrons. The molecular weight excluding hydrogens is 260 g/mol. The van der Waals surface area contributed by atoms with Gasteiger partial charge in [0.25, 0.3) is 0 Å². The number of thiazole rings is 1. The number of thioether (sulfide) groups is 1. The minimum Gasteiger partial charge on any atom is -0.384 e. The Kier molecular flexibility index (Phi) is 3.31. The number of anilines is 1. The van der Waals surface area contributed by atoms with Crippen molar-refractivity contribution < 1.29 is 0 Å². The highest BCUT2D eigenvalue weighted by molar-refractivity contribution is 8.00. The Hall–Kier alpha value is -1.00. The van der Waals surface area contributed by atoms with Gasteiger partial charge in [0.05, 0.1) is 0 Å². The fraction of sp³-hybridized carbons (Fsp3) is 0.357. The lowest BCUT2D eigenvalue weighted by molar-refractivity contribution is 0.949. The molecule has 1 aromatic heterocycles. The Morgan fingerprint density at radius 3 is 2.67 bits per heavy atom. The van der Waals surface area contributed by atoms with Crippen LogP contribution in [-0.2, 0) is 0 Å². The van der Waals surface area contributed by atoms with Gasteiger partial charge in [0.2, 0.25) is 0 Å². The first-order valence-corrected chi connectivity index (χ1v) is 8.21. The molecule has 1 aromatic carbocycles. The number of aromatic nitrogens is 1. The lowest BCUT2D eigenvalue weighted by atomic mass is 10.2. The van der Waals surface area contributed by atoms with Crippen molar-refractivity contribution in [2.45, 2.75) is 17.6 Å². The van der Waals surface area contributed by atoms with Crippen molar-refractivity contribution in [3.63, 3.8) is 0 Å². The molecule has 0 aliphatic heterocycles. The molecule has 1 N–H and O–H groups in total. The van der Waals surface area contributed by atoms with E-state index in [-0.39, 0.29) is 0 Å². The monoisotopic (exact) mass is 276 g/mol. The van der Waals surface area contributed by atoms with Crippen molar-refractivity contribution in [2.24, 2.45) is 0 Å². The molecule has 0 atom stereocenters. The van der Waals surface area contributed by atoms with Crippen LogP contribution in [0.5, 0.6) is 0 Å². The van der Waals surface area contributed by atoms with E-state index in [9.17, 15) is 0 Å². The second-order valence-electron chi connectivity index (χ2n) is 4.66. The SMILES string of the molecule is CSC1(CNc2ccc(-c3nccs3)cc2)CC1. The van der Waals surface area contributed by atoms with Gasteiger partial charge in [-0.3, -0.25) is 0 Å². The third kappa shape index (κ3) is 2.54. The van der Waals surface area contributed by atoms with Crippen LogP contribution < -0.4 is 5.32 Å². The molecule has 0 unspecified atom stereocenters. The van der Waals surface area contributed by atoms with Crippen LogP contribution in [0.3, 0.4) is 0 Å². The van der Waals surface area contributed by atoms with Gasteiger partial charge in [-0.1, -0.05) is 0 Å². The molecule has 0 spiro atoms. The maximum atomic E-state index is 4.32. The van der Waals surface area contributed by atoms with E-state index < -0.39 is 0 Å². The molecule has 0 bridgehead atoms. The van der Waals surface area contributed by atoms with Gasteiger partial charge in [0, 0.05) is 34.1 Å². The van der Waals surface area contributed by atoms with Gasteiger partial charge in [-0.2, -0.15) is 11.8 Å². The lowest BCUT2D eigenvalue weighted by Crippen LogP contribution is -2.17. The smallest absolute Gasteiger partial charge is 0.123 e. The summed E-state index contributed by atoms with van der Waals surface area (Å²) in [7, 11) is 0. The summed E-state index contributed by atoms with van der Waals surface area (Å²) in [5, 5.41) is 6.63. The molecule has 1 heterocycles. The Labute approximate surface area is 116 Å². The van der Waals surface area contributed by atoms with Gasteiger partial charge in [0.15, 0.2) is 0 Å². The summed E-state index contributed by atoms with van der Waals surface area (Å²) in [4.78, 5) is 4.32. The van der Waals surface area contributed by atoms with E-state index in [0.717, 1.165) is 11.6 Å². The molecule has 2 nitrogen and oxygen atoms in total. The molecule has 4 heteroatoms. The van der Waals surface area contributed by atoms with Crippen LogP contribution in [0.15, 0.2) is 35.8 Å². The number of hydrogen-bond donors (Lipinski definition) is 1. The van der Waals surface area contributed by atoms with Crippen LogP contribution in [0.4, 0.5) is 5.69 Å². The zero-order chi connectivity index (χ0) is 12.4. The van der Waals surface area contributed by atoms with Crippen molar-refractivity contribution in [1.29, 1.82) is 0 Å². The minimum absolute atomic E-state index is 0.508. The largest absolute Gasteiger partial charge is 0.384 e. The van der Waals surface area contributed by atoms with E-state index in [0.29, 0.717) is 4.75 Å². The first kappa shape index (κ1) is 12.1. The van der Waals surface area contributed by atoms with Crippen molar-refractivity contribution >= 4 is 28.8 Å². The summed E-state index contributed by atoms with van der Waals surface area (Å²) < 4.78 is 0.508. The molecule has 18 heavy (non-hydrogen) atoms.